The molecule has 0 aliphatic carbocycles. The van der Waals surface area contributed by atoms with Crippen LogP contribution in [-0.2, 0) is 9.53 Å². The van der Waals surface area contributed by atoms with Crippen LogP contribution < -0.4 is 14.4 Å². The molecule has 0 N–H and O–H groups in total. The molecule has 6 aromatic rings. The number of rotatable bonds is 8. The number of fused-ring (bicyclic) bond motifs is 1. The van der Waals surface area contributed by atoms with Gasteiger partial charge in [-0.05, 0) is 93.1 Å². The quantitative estimate of drug-likeness (QED) is 0.0894. The maximum Gasteiger partial charge on any atom is 0.349 e. The van der Waals surface area contributed by atoms with E-state index in [0.29, 0.717) is 29.6 Å². The molecule has 0 amide bonds. The predicted molar refractivity (Wildman–Crippen MR) is 201 cm³/mol. The minimum Gasteiger partial charge on any atom is -0.485 e. The first-order chi connectivity index (χ1) is 23.8. The van der Waals surface area contributed by atoms with E-state index in [4.69, 9.17) is 14.2 Å². The highest BCUT2D eigenvalue weighted by molar-refractivity contribution is 7.27. The Morgan fingerprint density at radius 3 is 1.84 bits per heavy atom. The van der Waals surface area contributed by atoms with Crippen LogP contribution in [0.3, 0.4) is 0 Å². The molecule has 0 saturated heterocycles. The number of carbonyl (C=O) groups is 1. The van der Waals surface area contributed by atoms with E-state index in [0.717, 1.165) is 37.3 Å². The summed E-state index contributed by atoms with van der Waals surface area (Å²) in [5, 5.41) is 9.74. The summed E-state index contributed by atoms with van der Waals surface area (Å²) < 4.78 is 17.5. The normalized spacial score (nSPS) is 12.7. The molecule has 9 heteroatoms. The summed E-state index contributed by atoms with van der Waals surface area (Å²) in [5.74, 6) is 0.531. The molecular weight excluding hydrogens is 669 g/mol. The zero-order chi connectivity index (χ0) is 34.0. The molecule has 0 unspecified atom stereocenters. The first-order valence-corrected chi connectivity index (χ1v) is 18.2. The third-order valence-electron chi connectivity index (χ3n) is 7.56. The van der Waals surface area contributed by atoms with Crippen LogP contribution in [-0.4, -0.2) is 24.8 Å². The zero-order valence-electron chi connectivity index (χ0n) is 27.1. The monoisotopic (exact) mass is 700 g/mol. The molecule has 3 aromatic heterocycles. The Balaban J connectivity index is 1.15. The van der Waals surface area contributed by atoms with Gasteiger partial charge in [-0.3, -0.25) is 0 Å². The van der Waals surface area contributed by atoms with Crippen LogP contribution >= 0.6 is 34.0 Å². The number of carbonyl (C=O) groups excluding carboxylic acids is 1. The van der Waals surface area contributed by atoms with E-state index >= 15 is 0 Å². The van der Waals surface area contributed by atoms with Crippen molar-refractivity contribution in [3.63, 3.8) is 0 Å². The molecule has 0 bridgehead atoms. The summed E-state index contributed by atoms with van der Waals surface area (Å²) in [4.78, 5) is 21.0. The van der Waals surface area contributed by atoms with Crippen molar-refractivity contribution in [3.8, 4) is 47.5 Å². The average molecular weight is 701 g/mol. The van der Waals surface area contributed by atoms with E-state index in [1.807, 2.05) is 18.2 Å². The SMILES string of the molecule is CC(C)(C)OC(=O)/C(C#N)=C/c1sc(-c2ccc(-c3ccc(-c4ccc(N(c5ccccc5)c5ccccc5)cc4)s3)s2)c2c1OCCO2. The van der Waals surface area contributed by atoms with E-state index in [2.05, 4.69) is 102 Å². The number of ether oxygens (including phenoxy) is 3. The van der Waals surface area contributed by atoms with Crippen LogP contribution in [0.1, 0.15) is 25.6 Å². The molecule has 4 heterocycles. The Kier molecular flexibility index (Phi) is 9.11. The van der Waals surface area contributed by atoms with Crippen molar-refractivity contribution in [2.45, 2.75) is 26.4 Å². The minimum absolute atomic E-state index is 0.0847. The van der Waals surface area contributed by atoms with E-state index < -0.39 is 11.6 Å². The summed E-state index contributed by atoms with van der Waals surface area (Å²) in [7, 11) is 0. The highest BCUT2D eigenvalue weighted by Crippen LogP contribution is 2.53. The van der Waals surface area contributed by atoms with Crippen LogP contribution in [0.4, 0.5) is 17.1 Å². The van der Waals surface area contributed by atoms with Crippen molar-refractivity contribution in [1.82, 2.24) is 0 Å². The molecule has 3 aromatic carbocycles. The first kappa shape index (κ1) is 32.4. The maximum atomic E-state index is 12.7. The van der Waals surface area contributed by atoms with Crippen LogP contribution in [0.15, 0.2) is 115 Å². The molecular formula is C40H32N2O4S3. The van der Waals surface area contributed by atoms with Gasteiger partial charge in [-0.1, -0.05) is 48.5 Å². The zero-order valence-corrected chi connectivity index (χ0v) is 29.6. The number of benzene rings is 3. The highest BCUT2D eigenvalue weighted by Gasteiger charge is 2.28. The maximum absolute atomic E-state index is 12.7. The molecule has 0 atom stereocenters. The first-order valence-electron chi connectivity index (χ1n) is 15.8. The second-order valence-electron chi connectivity index (χ2n) is 12.2. The van der Waals surface area contributed by atoms with Crippen molar-refractivity contribution in [2.24, 2.45) is 0 Å². The van der Waals surface area contributed by atoms with Crippen LogP contribution in [0.5, 0.6) is 11.5 Å². The van der Waals surface area contributed by atoms with Gasteiger partial charge < -0.3 is 19.1 Å². The van der Waals surface area contributed by atoms with Gasteiger partial charge in [0.25, 0.3) is 0 Å². The second kappa shape index (κ2) is 13.8. The fourth-order valence-electron chi connectivity index (χ4n) is 5.43. The van der Waals surface area contributed by atoms with E-state index in [-0.39, 0.29) is 5.57 Å². The van der Waals surface area contributed by atoms with Gasteiger partial charge in [-0.15, -0.1) is 34.0 Å². The lowest BCUT2D eigenvalue weighted by Gasteiger charge is -2.25. The molecule has 0 spiro atoms. The molecule has 1 aliphatic heterocycles. The van der Waals surface area contributed by atoms with Gasteiger partial charge in [0, 0.05) is 36.6 Å². The highest BCUT2D eigenvalue weighted by atomic mass is 32.1. The lowest BCUT2D eigenvalue weighted by Crippen LogP contribution is -2.24. The molecule has 0 fully saturated rings. The Hall–Kier alpha value is -5.14. The third kappa shape index (κ3) is 7.03. The number of anilines is 3. The third-order valence-corrected chi connectivity index (χ3v) is 11.3. The fourth-order valence-corrected chi connectivity index (χ4v) is 8.77. The van der Waals surface area contributed by atoms with E-state index in [9.17, 15) is 10.1 Å². The Labute approximate surface area is 297 Å². The van der Waals surface area contributed by atoms with Gasteiger partial charge in [0.1, 0.15) is 30.5 Å². The van der Waals surface area contributed by atoms with E-state index in [1.54, 1.807) is 49.5 Å². The molecule has 49 heavy (non-hydrogen) atoms. The van der Waals surface area contributed by atoms with Gasteiger partial charge in [-0.2, -0.15) is 5.26 Å². The summed E-state index contributed by atoms with van der Waals surface area (Å²) in [6.07, 6.45) is 1.54. The number of esters is 1. The topological polar surface area (TPSA) is 71.8 Å². The largest absolute Gasteiger partial charge is 0.485 e. The van der Waals surface area contributed by atoms with Crippen molar-refractivity contribution in [2.75, 3.05) is 18.1 Å². The number of nitrogens with zero attached hydrogens (tertiary/aromatic N) is 2. The Morgan fingerprint density at radius 2 is 1.24 bits per heavy atom. The van der Waals surface area contributed by atoms with Crippen LogP contribution in [0.25, 0.3) is 36.0 Å². The van der Waals surface area contributed by atoms with E-state index in [1.165, 1.54) is 21.1 Å². The summed E-state index contributed by atoms with van der Waals surface area (Å²) >= 11 is 4.87. The second-order valence-corrected chi connectivity index (χ2v) is 15.4. The average Bonchev–Trinajstić information content (AvgIpc) is 3.87. The van der Waals surface area contributed by atoms with Gasteiger partial charge in [-0.25, -0.2) is 4.79 Å². The Morgan fingerprint density at radius 1 is 0.714 bits per heavy atom. The van der Waals surface area contributed by atoms with Gasteiger partial charge in [0.05, 0.1) is 9.75 Å². The lowest BCUT2D eigenvalue weighted by molar-refractivity contribution is -0.149. The van der Waals surface area contributed by atoms with Crippen molar-refractivity contribution in [3.05, 3.63) is 120 Å². The molecule has 0 saturated carbocycles. The molecule has 244 valence electrons. The standard InChI is InChI=1S/C40H32N2O4S3/c1-40(2,3)46-39(43)27(25-41)24-35-36-37(45-23-22-44-36)38(49-35)34-21-20-33(48-34)32-19-18-31(47-32)26-14-16-30(17-15-26)42(28-10-6-4-7-11-28)29-12-8-5-9-13-29/h4-21,24H,22-23H2,1-3H3/b27-24+. The van der Waals surface area contributed by atoms with Crippen molar-refractivity contribution >= 4 is 63.1 Å². The smallest absolute Gasteiger partial charge is 0.349 e. The molecule has 6 nitrogen and oxygen atoms in total. The van der Waals surface area contributed by atoms with Gasteiger partial charge in [0.2, 0.25) is 0 Å². The Bertz CT molecular complexity index is 2130. The fraction of sp³-hybridized carbons (Fsp3) is 0.150. The van der Waals surface area contributed by atoms with Crippen molar-refractivity contribution < 1.29 is 19.0 Å². The number of hydrogen-bond donors (Lipinski definition) is 0. The molecule has 1 aliphatic rings. The summed E-state index contributed by atoms with van der Waals surface area (Å²) in [6, 6.07) is 40.1. The van der Waals surface area contributed by atoms with Crippen LogP contribution in [0, 0.1) is 11.3 Å². The van der Waals surface area contributed by atoms with Gasteiger partial charge in [0.15, 0.2) is 11.5 Å². The lowest BCUT2D eigenvalue weighted by atomic mass is 10.1. The number of thiophene rings is 3. The predicted octanol–water partition coefficient (Wildman–Crippen LogP) is 11.4. The number of para-hydroxylation sites is 2. The molecule has 0 radical (unpaired) electrons. The number of hydrogen-bond acceptors (Lipinski definition) is 9. The van der Waals surface area contributed by atoms with Gasteiger partial charge >= 0.3 is 5.97 Å². The van der Waals surface area contributed by atoms with Crippen molar-refractivity contribution in [1.29, 1.82) is 5.26 Å². The van der Waals surface area contributed by atoms with Crippen LogP contribution in [0.2, 0.25) is 0 Å². The minimum atomic E-state index is -0.711. The summed E-state index contributed by atoms with van der Waals surface area (Å²) in [5.41, 5.74) is 3.66. The molecule has 7 rings (SSSR count). The number of nitriles is 1. The summed E-state index contributed by atoms with van der Waals surface area (Å²) in [6.45, 7) is 6.14.